The fourth-order valence-corrected chi connectivity index (χ4v) is 2.38. The number of amides is 2. The molecule has 0 unspecified atom stereocenters. The van der Waals surface area contributed by atoms with E-state index in [1.807, 2.05) is 0 Å². The van der Waals surface area contributed by atoms with Gasteiger partial charge in [0.1, 0.15) is 12.1 Å². The highest BCUT2D eigenvalue weighted by Crippen LogP contribution is 2.04. The fraction of sp³-hybridized carbons (Fsp3) is 0.688. The van der Waals surface area contributed by atoms with Gasteiger partial charge in [-0.3, -0.25) is 19.8 Å². The molecule has 166 valence electrons. The van der Waals surface area contributed by atoms with E-state index in [9.17, 15) is 24.3 Å². The van der Waals surface area contributed by atoms with Crippen molar-refractivity contribution >= 4 is 29.7 Å². The Morgan fingerprint density at radius 2 is 1.52 bits per heavy atom. The highest BCUT2D eigenvalue weighted by atomic mass is 16.4. The van der Waals surface area contributed by atoms with Crippen LogP contribution in [0.2, 0.25) is 0 Å². The zero-order chi connectivity index (χ0) is 22.4. The van der Waals surface area contributed by atoms with E-state index in [-0.39, 0.29) is 25.3 Å². The summed E-state index contributed by atoms with van der Waals surface area (Å²) in [4.78, 5) is 46.7. The van der Waals surface area contributed by atoms with E-state index in [0.717, 1.165) is 0 Å². The molecule has 0 heterocycles. The minimum Gasteiger partial charge on any atom is -0.481 e. The van der Waals surface area contributed by atoms with Gasteiger partial charge in [-0.2, -0.15) is 0 Å². The molecule has 12 N–H and O–H groups in total. The topological polar surface area (TPSA) is 247 Å². The minimum absolute atomic E-state index is 0.0901. The summed E-state index contributed by atoms with van der Waals surface area (Å²) in [5.74, 6) is -4.33. The Balaban J connectivity index is 5.04. The van der Waals surface area contributed by atoms with Gasteiger partial charge in [0, 0.05) is 6.54 Å². The lowest BCUT2D eigenvalue weighted by molar-refractivity contribution is -0.143. The van der Waals surface area contributed by atoms with Gasteiger partial charge in [-0.05, 0) is 38.6 Å². The molecule has 13 heteroatoms. The summed E-state index contributed by atoms with van der Waals surface area (Å²) < 4.78 is 0. The van der Waals surface area contributed by atoms with Crippen molar-refractivity contribution in [1.82, 2.24) is 16.0 Å². The van der Waals surface area contributed by atoms with Crippen LogP contribution in [0.1, 0.15) is 38.5 Å². The van der Waals surface area contributed by atoms with Gasteiger partial charge >= 0.3 is 11.9 Å². The molecule has 0 aromatic carbocycles. The first-order chi connectivity index (χ1) is 13.6. The molecular formula is C16H31N7O6. The van der Waals surface area contributed by atoms with Crippen LogP contribution in [0.15, 0.2) is 0 Å². The van der Waals surface area contributed by atoms with Crippen LogP contribution in [0.3, 0.4) is 0 Å². The molecule has 29 heavy (non-hydrogen) atoms. The second kappa shape index (κ2) is 14.1. The van der Waals surface area contributed by atoms with Crippen molar-refractivity contribution in [1.29, 1.82) is 5.41 Å². The summed E-state index contributed by atoms with van der Waals surface area (Å²) in [5.41, 5.74) is 16.1. The normalized spacial score (nSPS) is 13.6. The Labute approximate surface area is 168 Å². The average Bonchev–Trinajstić information content (AvgIpc) is 2.62. The van der Waals surface area contributed by atoms with E-state index < -0.39 is 48.3 Å². The van der Waals surface area contributed by atoms with Crippen LogP contribution in [-0.4, -0.2) is 71.1 Å². The first kappa shape index (κ1) is 26.1. The third-order valence-corrected chi connectivity index (χ3v) is 3.91. The average molecular weight is 417 g/mol. The van der Waals surface area contributed by atoms with Gasteiger partial charge in [-0.1, -0.05) is 0 Å². The quantitative estimate of drug-likeness (QED) is 0.0753. The Morgan fingerprint density at radius 1 is 0.931 bits per heavy atom. The number of hydrogen-bond acceptors (Lipinski definition) is 7. The Morgan fingerprint density at radius 3 is 2.03 bits per heavy atom. The van der Waals surface area contributed by atoms with Gasteiger partial charge < -0.3 is 43.4 Å². The largest absolute Gasteiger partial charge is 0.481 e. The van der Waals surface area contributed by atoms with E-state index in [1.165, 1.54) is 0 Å². The Bertz CT molecular complexity index is 586. The number of hydrogen-bond donors (Lipinski definition) is 9. The maximum atomic E-state index is 12.5. The van der Waals surface area contributed by atoms with Crippen molar-refractivity contribution in [2.75, 3.05) is 13.1 Å². The van der Waals surface area contributed by atoms with Gasteiger partial charge in [0.2, 0.25) is 11.8 Å². The summed E-state index contributed by atoms with van der Waals surface area (Å²) in [5, 5.41) is 32.4. The molecule has 0 radical (unpaired) electrons. The molecule has 0 saturated carbocycles. The van der Waals surface area contributed by atoms with E-state index in [4.69, 9.17) is 27.7 Å². The molecule has 0 bridgehead atoms. The molecule has 0 aliphatic carbocycles. The molecule has 0 aromatic rings. The number of carbonyl (C=O) groups excluding carboxylic acids is 2. The van der Waals surface area contributed by atoms with Crippen molar-refractivity contribution in [2.45, 2.75) is 56.7 Å². The summed E-state index contributed by atoms with van der Waals surface area (Å²) in [6.07, 6.45) is 1.05. The highest BCUT2D eigenvalue weighted by Gasteiger charge is 2.28. The standard InChI is InChI=1S/C16H31N7O6/c17-6-2-1-4-11(15(28)29)23-14(27)10(5-3-7-21-16(19)20)22-13(26)9(18)8-12(24)25/h9-11H,1-8,17-18H2,(H,22,26)(H,23,27)(H,24,25)(H,28,29)(H4,19,20,21)/t9-,10-,11-/m0/s1. The number of nitrogens with one attached hydrogen (secondary N) is 4. The molecule has 0 aliphatic heterocycles. The van der Waals surface area contributed by atoms with Gasteiger partial charge in [0.15, 0.2) is 5.96 Å². The maximum Gasteiger partial charge on any atom is 0.326 e. The molecule has 0 aromatic heterocycles. The third-order valence-electron chi connectivity index (χ3n) is 3.91. The number of rotatable bonds is 15. The van der Waals surface area contributed by atoms with Crippen LogP contribution in [0, 0.1) is 5.41 Å². The lowest BCUT2D eigenvalue weighted by Gasteiger charge is -2.23. The molecule has 0 saturated heterocycles. The summed E-state index contributed by atoms with van der Waals surface area (Å²) in [6, 6.07) is -3.65. The first-order valence-electron chi connectivity index (χ1n) is 9.17. The molecule has 13 nitrogen and oxygen atoms in total. The third kappa shape index (κ3) is 12.2. The summed E-state index contributed by atoms with van der Waals surface area (Å²) >= 11 is 0. The predicted molar refractivity (Wildman–Crippen MR) is 104 cm³/mol. The van der Waals surface area contributed by atoms with Crippen LogP contribution in [0.5, 0.6) is 0 Å². The predicted octanol–water partition coefficient (Wildman–Crippen LogP) is -2.77. The fourth-order valence-electron chi connectivity index (χ4n) is 2.38. The van der Waals surface area contributed by atoms with Gasteiger partial charge in [0.25, 0.3) is 0 Å². The molecule has 2 amide bonds. The number of carbonyl (C=O) groups is 4. The zero-order valence-electron chi connectivity index (χ0n) is 16.1. The smallest absolute Gasteiger partial charge is 0.326 e. The van der Waals surface area contributed by atoms with Crippen LogP contribution in [0.4, 0.5) is 0 Å². The lowest BCUT2D eigenvalue weighted by Crippen LogP contribution is -2.54. The van der Waals surface area contributed by atoms with E-state index in [2.05, 4.69) is 16.0 Å². The van der Waals surface area contributed by atoms with Crippen molar-refractivity contribution in [3.05, 3.63) is 0 Å². The number of aliphatic carboxylic acids is 2. The number of carboxylic acids is 2. The molecule has 0 aliphatic rings. The Hall–Kier alpha value is -2.93. The summed E-state index contributed by atoms with van der Waals surface area (Å²) in [7, 11) is 0. The summed E-state index contributed by atoms with van der Waals surface area (Å²) in [6.45, 7) is 0.638. The second-order valence-corrected chi connectivity index (χ2v) is 6.43. The van der Waals surface area contributed by atoms with Crippen molar-refractivity contribution in [3.63, 3.8) is 0 Å². The van der Waals surface area contributed by atoms with E-state index >= 15 is 0 Å². The highest BCUT2D eigenvalue weighted by molar-refractivity contribution is 5.92. The van der Waals surface area contributed by atoms with Crippen molar-refractivity contribution in [2.24, 2.45) is 17.2 Å². The molecule has 0 fully saturated rings. The van der Waals surface area contributed by atoms with Crippen molar-refractivity contribution in [3.8, 4) is 0 Å². The zero-order valence-corrected chi connectivity index (χ0v) is 16.1. The van der Waals surface area contributed by atoms with Gasteiger partial charge in [-0.25, -0.2) is 4.79 Å². The lowest BCUT2D eigenvalue weighted by atomic mass is 10.1. The number of unbranched alkanes of at least 4 members (excludes halogenated alkanes) is 1. The Kier molecular flexibility index (Phi) is 12.7. The second-order valence-electron chi connectivity index (χ2n) is 6.43. The maximum absolute atomic E-state index is 12.5. The minimum atomic E-state index is -1.36. The first-order valence-corrected chi connectivity index (χ1v) is 9.17. The molecule has 3 atom stereocenters. The van der Waals surface area contributed by atoms with E-state index in [0.29, 0.717) is 25.8 Å². The van der Waals surface area contributed by atoms with Crippen LogP contribution in [-0.2, 0) is 19.2 Å². The monoisotopic (exact) mass is 417 g/mol. The van der Waals surface area contributed by atoms with Crippen LogP contribution >= 0.6 is 0 Å². The van der Waals surface area contributed by atoms with Crippen molar-refractivity contribution < 1.29 is 29.4 Å². The molecule has 0 rings (SSSR count). The molecule has 0 spiro atoms. The SMILES string of the molecule is N=C(N)NCCC[C@H](NC(=O)[C@@H](N)CC(=O)O)C(=O)N[C@@H](CCCCN)C(=O)O. The number of carboxylic acid groups (broad SMARTS) is 2. The van der Waals surface area contributed by atoms with E-state index in [1.54, 1.807) is 0 Å². The van der Waals surface area contributed by atoms with Gasteiger partial charge in [-0.15, -0.1) is 0 Å². The van der Waals surface area contributed by atoms with Crippen LogP contribution in [0.25, 0.3) is 0 Å². The van der Waals surface area contributed by atoms with Crippen LogP contribution < -0.4 is 33.2 Å². The molecular weight excluding hydrogens is 386 g/mol. The number of nitrogens with two attached hydrogens (primary N) is 3. The van der Waals surface area contributed by atoms with Gasteiger partial charge in [0.05, 0.1) is 12.5 Å². The number of guanidine groups is 1.